The van der Waals surface area contributed by atoms with Gasteiger partial charge in [-0.25, -0.2) is 4.98 Å². The lowest BCUT2D eigenvalue weighted by Crippen LogP contribution is -2.36. The molecular weight excluding hydrogens is 649 g/mol. The summed E-state index contributed by atoms with van der Waals surface area (Å²) in [5.74, 6) is 0.617. The molecule has 2 fully saturated rings. The molecule has 10 nitrogen and oxygen atoms in total. The third kappa shape index (κ3) is 6.63. The molecular formula is C36H37Cl2N7O3. The van der Waals surface area contributed by atoms with Crippen LogP contribution in [0.3, 0.4) is 0 Å². The van der Waals surface area contributed by atoms with Crippen molar-refractivity contribution in [3.05, 3.63) is 82.1 Å². The van der Waals surface area contributed by atoms with Crippen molar-refractivity contribution in [3.8, 4) is 39.5 Å². The van der Waals surface area contributed by atoms with Crippen LogP contribution in [-0.2, 0) is 29.7 Å². The Labute approximate surface area is 289 Å². The van der Waals surface area contributed by atoms with Crippen molar-refractivity contribution < 1.29 is 14.3 Å². The smallest absolute Gasteiger partial charge is 0.220 e. The summed E-state index contributed by atoms with van der Waals surface area (Å²) in [5.41, 5.74) is 7.44. The van der Waals surface area contributed by atoms with Crippen molar-refractivity contribution in [2.45, 2.75) is 44.5 Å². The second-order valence-corrected chi connectivity index (χ2v) is 13.0. The molecule has 0 saturated carbocycles. The lowest BCUT2D eigenvalue weighted by molar-refractivity contribution is -0.119. The van der Waals surface area contributed by atoms with E-state index in [1.807, 2.05) is 54.2 Å². The summed E-state index contributed by atoms with van der Waals surface area (Å²) < 4.78 is 13.1. The number of methoxy groups -OCH3 is 1. The Bertz CT molecular complexity index is 1980. The second kappa shape index (κ2) is 14.2. The van der Waals surface area contributed by atoms with E-state index in [1.54, 1.807) is 13.3 Å². The van der Waals surface area contributed by atoms with Gasteiger partial charge in [0.05, 0.1) is 45.9 Å². The summed E-state index contributed by atoms with van der Waals surface area (Å²) in [6, 6.07) is 18.0. The monoisotopic (exact) mass is 685 g/mol. The Morgan fingerprint density at radius 3 is 2.58 bits per heavy atom. The van der Waals surface area contributed by atoms with E-state index >= 15 is 0 Å². The summed E-state index contributed by atoms with van der Waals surface area (Å²) in [7, 11) is 3.56. The lowest BCUT2D eigenvalue weighted by atomic mass is 9.99. The van der Waals surface area contributed by atoms with Crippen LogP contribution in [0.25, 0.3) is 44.5 Å². The Kier molecular flexibility index (Phi) is 9.61. The van der Waals surface area contributed by atoms with Gasteiger partial charge in [0.1, 0.15) is 0 Å². The summed E-state index contributed by atoms with van der Waals surface area (Å²) >= 11 is 14.2. The number of carbonyl (C=O) groups is 1. The number of carbonyl (C=O) groups excluding carboxylic acids is 1. The topological polar surface area (TPSA) is 115 Å². The molecule has 0 aliphatic carbocycles. The van der Waals surface area contributed by atoms with Gasteiger partial charge in [-0.05, 0) is 31.0 Å². The van der Waals surface area contributed by atoms with E-state index in [2.05, 4.69) is 33.1 Å². The largest absolute Gasteiger partial charge is 0.481 e. The molecule has 5 aromatic rings. The number of fused-ring (bicyclic) bond motifs is 1. The number of aryl methyl sites for hydroxylation is 1. The SMILES string of the molecule is COc1nc(-c2cccc(-c3ccnc(-c4ccc5c(CNC[C@H]6CCO6)nn(C)c5c4)c3Cl)c2Cl)ccc1CNC[C@H]1CCC(=O)N1. The summed E-state index contributed by atoms with van der Waals surface area (Å²) in [4.78, 5) is 21.0. The Balaban J connectivity index is 1.12. The molecule has 2 aromatic carbocycles. The number of halogens is 2. The molecule has 3 aromatic heterocycles. The van der Waals surface area contributed by atoms with Crippen LogP contribution in [0.5, 0.6) is 5.88 Å². The number of ether oxygens (including phenoxy) is 2. The first-order valence-electron chi connectivity index (χ1n) is 16.2. The van der Waals surface area contributed by atoms with Gasteiger partial charge in [-0.2, -0.15) is 5.10 Å². The van der Waals surface area contributed by atoms with Crippen molar-refractivity contribution in [2.75, 3.05) is 26.8 Å². The van der Waals surface area contributed by atoms with Crippen LogP contribution < -0.4 is 20.7 Å². The fourth-order valence-electron chi connectivity index (χ4n) is 6.34. The quantitative estimate of drug-likeness (QED) is 0.148. The molecule has 0 unspecified atom stereocenters. The van der Waals surface area contributed by atoms with Gasteiger partial charge >= 0.3 is 0 Å². The minimum absolute atomic E-state index is 0.105. The van der Waals surface area contributed by atoms with Crippen LogP contribution in [0, 0.1) is 0 Å². The first-order valence-corrected chi connectivity index (χ1v) is 16.9. The molecule has 2 saturated heterocycles. The van der Waals surface area contributed by atoms with Crippen LogP contribution >= 0.6 is 23.2 Å². The van der Waals surface area contributed by atoms with E-state index in [1.165, 1.54) is 0 Å². The zero-order chi connectivity index (χ0) is 33.2. The first kappa shape index (κ1) is 32.5. The normalized spacial score (nSPS) is 17.5. The van der Waals surface area contributed by atoms with Gasteiger partial charge in [-0.1, -0.05) is 59.6 Å². The number of nitrogens with zero attached hydrogens (tertiary/aromatic N) is 4. The average Bonchev–Trinajstić information content (AvgIpc) is 3.64. The molecule has 48 heavy (non-hydrogen) atoms. The van der Waals surface area contributed by atoms with Crippen molar-refractivity contribution in [1.82, 2.24) is 35.7 Å². The van der Waals surface area contributed by atoms with E-state index < -0.39 is 0 Å². The fourth-order valence-corrected chi connectivity index (χ4v) is 6.99. The molecule has 0 spiro atoms. The molecule has 2 aliphatic rings. The van der Waals surface area contributed by atoms with Crippen molar-refractivity contribution in [3.63, 3.8) is 0 Å². The van der Waals surface area contributed by atoms with Gasteiger partial charge in [-0.15, -0.1) is 0 Å². The van der Waals surface area contributed by atoms with E-state index in [0.29, 0.717) is 59.5 Å². The van der Waals surface area contributed by atoms with Crippen LogP contribution in [0.4, 0.5) is 0 Å². The zero-order valence-electron chi connectivity index (χ0n) is 26.9. The van der Waals surface area contributed by atoms with E-state index in [0.717, 1.165) is 70.4 Å². The third-order valence-electron chi connectivity index (χ3n) is 9.04. The average molecular weight is 687 g/mol. The number of amides is 1. The molecule has 0 radical (unpaired) electrons. The maximum Gasteiger partial charge on any atom is 0.220 e. The highest BCUT2D eigenvalue weighted by Crippen LogP contribution is 2.42. The van der Waals surface area contributed by atoms with Crippen molar-refractivity contribution in [2.24, 2.45) is 7.05 Å². The molecule has 0 bridgehead atoms. The summed E-state index contributed by atoms with van der Waals surface area (Å²) in [6.45, 7) is 3.58. The number of hydrogen-bond donors (Lipinski definition) is 3. The molecule has 3 N–H and O–H groups in total. The maximum absolute atomic E-state index is 11.5. The van der Waals surface area contributed by atoms with E-state index in [4.69, 9.17) is 42.8 Å². The van der Waals surface area contributed by atoms with Gasteiger partial charge in [-0.3, -0.25) is 14.5 Å². The number of hydrogen-bond acceptors (Lipinski definition) is 8. The summed E-state index contributed by atoms with van der Waals surface area (Å²) in [5, 5.41) is 16.7. The van der Waals surface area contributed by atoms with E-state index in [-0.39, 0.29) is 11.9 Å². The molecule has 5 heterocycles. The molecule has 2 aliphatic heterocycles. The van der Waals surface area contributed by atoms with Crippen LogP contribution in [-0.4, -0.2) is 64.6 Å². The minimum atomic E-state index is 0.105. The highest BCUT2D eigenvalue weighted by atomic mass is 35.5. The predicted octanol–water partition coefficient (Wildman–Crippen LogP) is 5.93. The van der Waals surface area contributed by atoms with Gasteiger partial charge in [0.2, 0.25) is 11.8 Å². The number of pyridine rings is 2. The standard InChI is InChI=1S/C36H37Cl2N7O3/c1-45-31-16-21(6-9-27(31)30(44-45)20-40-19-24-13-15-48-24)35-34(38)26(12-14-41-35)25-4-3-5-28(33(25)37)29-10-7-22(36(43-29)47-2)17-39-18-23-8-11-32(46)42-23/h3-7,9-10,12,14,16,23-24,39-40H,8,11,13,15,17-20H2,1-2H3,(H,42,46)/t23-,24-/m1/s1. The second-order valence-electron chi connectivity index (χ2n) is 12.2. The maximum atomic E-state index is 11.5. The molecule has 2 atom stereocenters. The van der Waals surface area contributed by atoms with Crippen molar-refractivity contribution >= 4 is 40.0 Å². The van der Waals surface area contributed by atoms with Gasteiger partial charge in [0.15, 0.2) is 0 Å². The predicted molar refractivity (Wildman–Crippen MR) is 188 cm³/mol. The van der Waals surface area contributed by atoms with Gasteiger partial charge < -0.3 is 25.4 Å². The summed E-state index contributed by atoms with van der Waals surface area (Å²) in [6.07, 6.45) is 4.57. The fraction of sp³-hybridized carbons (Fsp3) is 0.333. The molecule has 7 rings (SSSR count). The number of benzene rings is 2. The Morgan fingerprint density at radius 2 is 1.81 bits per heavy atom. The third-order valence-corrected chi connectivity index (χ3v) is 9.83. The number of rotatable bonds is 12. The van der Waals surface area contributed by atoms with Crippen molar-refractivity contribution in [1.29, 1.82) is 0 Å². The highest BCUT2D eigenvalue weighted by Gasteiger charge is 2.22. The molecule has 248 valence electrons. The van der Waals surface area contributed by atoms with Gasteiger partial charge in [0, 0.05) is 91.7 Å². The van der Waals surface area contributed by atoms with E-state index in [9.17, 15) is 4.79 Å². The van der Waals surface area contributed by atoms with Crippen LogP contribution in [0.15, 0.2) is 60.8 Å². The van der Waals surface area contributed by atoms with Crippen LogP contribution in [0.2, 0.25) is 10.0 Å². The Morgan fingerprint density at radius 1 is 1.00 bits per heavy atom. The van der Waals surface area contributed by atoms with Gasteiger partial charge in [0.25, 0.3) is 0 Å². The zero-order valence-corrected chi connectivity index (χ0v) is 28.4. The first-order chi connectivity index (χ1) is 23.4. The lowest BCUT2D eigenvalue weighted by Gasteiger charge is -2.26. The van der Waals surface area contributed by atoms with Crippen LogP contribution in [0.1, 0.15) is 30.5 Å². The molecule has 1 amide bonds. The molecule has 12 heteroatoms. The minimum Gasteiger partial charge on any atom is -0.481 e. The number of nitrogens with one attached hydrogen (secondary N) is 3. The highest BCUT2D eigenvalue weighted by molar-refractivity contribution is 6.39. The Hall–Kier alpha value is -4.06. The number of aromatic nitrogens is 4.